The van der Waals surface area contributed by atoms with Crippen molar-refractivity contribution in [3.63, 3.8) is 0 Å². The maximum Gasteiger partial charge on any atom is 0.293 e. The maximum atomic E-state index is 12.7. The number of ether oxygens (including phenoxy) is 1. The summed E-state index contributed by atoms with van der Waals surface area (Å²) >= 11 is 6.82. The topological polar surface area (TPSA) is 59.8 Å². The van der Waals surface area contributed by atoms with Crippen molar-refractivity contribution in [2.24, 2.45) is 0 Å². The molecule has 0 spiro atoms. The molecule has 7 heteroatoms. The van der Waals surface area contributed by atoms with Crippen LogP contribution < -0.4 is 4.74 Å². The highest BCUT2D eigenvalue weighted by atomic mass is 35.5. The molecule has 1 aromatic heterocycles. The van der Waals surface area contributed by atoms with Crippen molar-refractivity contribution in [2.75, 3.05) is 7.11 Å². The molecule has 4 rings (SSSR count). The van der Waals surface area contributed by atoms with E-state index in [9.17, 15) is 9.59 Å². The van der Waals surface area contributed by atoms with Gasteiger partial charge in [0.25, 0.3) is 11.1 Å². The molecule has 1 saturated heterocycles. The minimum atomic E-state index is -0.333. The van der Waals surface area contributed by atoms with Gasteiger partial charge in [0, 0.05) is 16.7 Å². The fourth-order valence-corrected chi connectivity index (χ4v) is 3.82. The molecule has 0 N–H and O–H groups in total. The minimum absolute atomic E-state index is 0.209. The number of imide groups is 1. The van der Waals surface area contributed by atoms with Gasteiger partial charge in [-0.15, -0.1) is 0 Å². The number of furan rings is 1. The van der Waals surface area contributed by atoms with Gasteiger partial charge in [-0.3, -0.25) is 14.5 Å². The Kier molecular flexibility index (Phi) is 5.47. The lowest BCUT2D eigenvalue weighted by Crippen LogP contribution is -2.27. The van der Waals surface area contributed by atoms with Gasteiger partial charge in [-0.1, -0.05) is 23.7 Å². The van der Waals surface area contributed by atoms with Crippen molar-refractivity contribution in [2.45, 2.75) is 6.54 Å². The van der Waals surface area contributed by atoms with Crippen LogP contribution in [0.3, 0.4) is 0 Å². The summed E-state index contributed by atoms with van der Waals surface area (Å²) in [5.74, 6) is 1.55. The molecule has 0 saturated carbocycles. The van der Waals surface area contributed by atoms with Crippen molar-refractivity contribution < 1.29 is 18.7 Å². The highest BCUT2D eigenvalue weighted by Crippen LogP contribution is 2.34. The quantitative estimate of drug-likeness (QED) is 0.480. The van der Waals surface area contributed by atoms with Gasteiger partial charge < -0.3 is 9.15 Å². The SMILES string of the molecule is COc1ccc(CN2C(=O)S/C(=C\c3ccc(-c4ccc(Cl)cc4)o3)C2=O)cc1. The zero-order chi connectivity index (χ0) is 20.4. The van der Waals surface area contributed by atoms with Crippen molar-refractivity contribution >= 4 is 40.6 Å². The number of carbonyl (C=O) groups is 2. The van der Waals surface area contributed by atoms with Gasteiger partial charge in [0.05, 0.1) is 18.6 Å². The van der Waals surface area contributed by atoms with Gasteiger partial charge in [0.2, 0.25) is 0 Å². The largest absolute Gasteiger partial charge is 0.497 e. The van der Waals surface area contributed by atoms with Crippen LogP contribution in [-0.4, -0.2) is 23.2 Å². The number of benzene rings is 2. The summed E-state index contributed by atoms with van der Waals surface area (Å²) in [5.41, 5.74) is 1.72. The van der Waals surface area contributed by atoms with Crippen molar-refractivity contribution in [1.82, 2.24) is 4.90 Å². The van der Waals surface area contributed by atoms with E-state index in [2.05, 4.69) is 0 Å². The van der Waals surface area contributed by atoms with E-state index < -0.39 is 0 Å². The van der Waals surface area contributed by atoms with Crippen molar-refractivity contribution in [1.29, 1.82) is 0 Å². The van der Waals surface area contributed by atoms with Crippen molar-refractivity contribution in [3.05, 3.63) is 81.9 Å². The molecule has 0 aliphatic carbocycles. The van der Waals surface area contributed by atoms with Crippen LogP contribution in [0.5, 0.6) is 5.75 Å². The molecule has 2 amide bonds. The van der Waals surface area contributed by atoms with Crippen LogP contribution in [0.2, 0.25) is 5.02 Å². The summed E-state index contributed by atoms with van der Waals surface area (Å²) < 4.78 is 10.9. The number of hydrogen-bond donors (Lipinski definition) is 0. The predicted molar refractivity (Wildman–Crippen MR) is 114 cm³/mol. The predicted octanol–water partition coefficient (Wildman–Crippen LogP) is 5.85. The number of halogens is 1. The first-order valence-electron chi connectivity index (χ1n) is 8.77. The summed E-state index contributed by atoms with van der Waals surface area (Å²) in [7, 11) is 1.59. The number of methoxy groups -OCH3 is 1. The van der Waals surface area contributed by atoms with Gasteiger partial charge >= 0.3 is 0 Å². The lowest BCUT2D eigenvalue weighted by molar-refractivity contribution is -0.123. The Morgan fingerprint density at radius 3 is 2.45 bits per heavy atom. The number of hydrogen-bond acceptors (Lipinski definition) is 5. The third-order valence-corrected chi connectivity index (χ3v) is 5.56. The van der Waals surface area contributed by atoms with Crippen LogP contribution in [0, 0.1) is 0 Å². The second-order valence-electron chi connectivity index (χ2n) is 6.32. The van der Waals surface area contributed by atoms with Crippen LogP contribution in [0.25, 0.3) is 17.4 Å². The van der Waals surface area contributed by atoms with Crippen LogP contribution >= 0.6 is 23.4 Å². The summed E-state index contributed by atoms with van der Waals surface area (Å²) in [6, 6.07) is 18.1. The Bertz CT molecular complexity index is 1090. The van der Waals surface area contributed by atoms with Gasteiger partial charge in [-0.05, 0) is 65.9 Å². The third kappa shape index (κ3) is 4.23. The zero-order valence-electron chi connectivity index (χ0n) is 15.4. The summed E-state index contributed by atoms with van der Waals surface area (Å²) in [5, 5.41) is 0.340. The summed E-state index contributed by atoms with van der Waals surface area (Å²) in [6.07, 6.45) is 1.60. The number of nitrogens with zero attached hydrogens (tertiary/aromatic N) is 1. The molecule has 2 aromatic carbocycles. The second kappa shape index (κ2) is 8.19. The maximum absolute atomic E-state index is 12.7. The van der Waals surface area contributed by atoms with Gasteiger partial charge in [-0.25, -0.2) is 0 Å². The molecule has 146 valence electrons. The smallest absolute Gasteiger partial charge is 0.293 e. The van der Waals surface area contributed by atoms with Gasteiger partial charge in [0.15, 0.2) is 0 Å². The molecular weight excluding hydrogens is 410 g/mol. The average molecular weight is 426 g/mol. The standard InChI is InChI=1S/C22H16ClNO4S/c1-27-17-8-2-14(3-9-17)13-24-21(25)20(29-22(24)26)12-18-10-11-19(28-18)15-4-6-16(23)7-5-15/h2-12H,13H2,1H3/b20-12-. The molecule has 2 heterocycles. The van der Waals surface area contributed by atoms with E-state index in [0.29, 0.717) is 21.4 Å². The number of thioether (sulfide) groups is 1. The Balaban J connectivity index is 1.50. The monoisotopic (exact) mass is 425 g/mol. The van der Waals surface area contributed by atoms with Crippen LogP contribution in [0.15, 0.2) is 70.0 Å². The van der Waals surface area contributed by atoms with Gasteiger partial charge in [-0.2, -0.15) is 0 Å². The Morgan fingerprint density at radius 1 is 1.03 bits per heavy atom. The molecule has 1 aliphatic rings. The molecule has 5 nitrogen and oxygen atoms in total. The molecule has 0 unspecified atom stereocenters. The Labute approximate surface area is 176 Å². The van der Waals surface area contributed by atoms with Crippen molar-refractivity contribution in [3.8, 4) is 17.1 Å². The molecule has 1 aliphatic heterocycles. The van der Waals surface area contributed by atoms with E-state index in [0.717, 1.165) is 28.6 Å². The summed E-state index contributed by atoms with van der Waals surface area (Å²) in [6.45, 7) is 0.209. The van der Waals surface area contributed by atoms with E-state index in [1.54, 1.807) is 43.5 Å². The van der Waals surface area contributed by atoms with E-state index in [1.165, 1.54) is 4.90 Å². The van der Waals surface area contributed by atoms with Crippen LogP contribution in [0.4, 0.5) is 4.79 Å². The highest BCUT2D eigenvalue weighted by Gasteiger charge is 2.35. The molecular formula is C22H16ClNO4S. The molecule has 0 radical (unpaired) electrons. The van der Waals surface area contributed by atoms with E-state index in [1.807, 2.05) is 30.3 Å². The first kappa shape index (κ1) is 19.4. The molecule has 3 aromatic rings. The first-order valence-corrected chi connectivity index (χ1v) is 9.97. The average Bonchev–Trinajstić information content (AvgIpc) is 3.29. The molecule has 0 atom stereocenters. The number of carbonyl (C=O) groups excluding carboxylic acids is 2. The minimum Gasteiger partial charge on any atom is -0.497 e. The van der Waals surface area contributed by atoms with Crippen LogP contribution in [0.1, 0.15) is 11.3 Å². The normalized spacial score (nSPS) is 15.4. The summed E-state index contributed by atoms with van der Waals surface area (Å²) in [4.78, 5) is 26.6. The van der Waals surface area contributed by atoms with E-state index in [-0.39, 0.29) is 17.7 Å². The first-order chi connectivity index (χ1) is 14.0. The highest BCUT2D eigenvalue weighted by molar-refractivity contribution is 8.18. The van der Waals surface area contributed by atoms with Gasteiger partial charge in [0.1, 0.15) is 17.3 Å². The molecule has 29 heavy (non-hydrogen) atoms. The third-order valence-electron chi connectivity index (χ3n) is 4.40. The second-order valence-corrected chi connectivity index (χ2v) is 7.75. The van der Waals surface area contributed by atoms with E-state index >= 15 is 0 Å². The zero-order valence-corrected chi connectivity index (χ0v) is 17.0. The van der Waals surface area contributed by atoms with E-state index in [4.69, 9.17) is 20.8 Å². The molecule has 0 bridgehead atoms. The van der Waals surface area contributed by atoms with Crippen LogP contribution in [-0.2, 0) is 11.3 Å². The fraction of sp³-hybridized carbons (Fsp3) is 0.0909. The molecule has 1 fully saturated rings. The number of rotatable bonds is 5. The Morgan fingerprint density at radius 2 is 1.76 bits per heavy atom. The lowest BCUT2D eigenvalue weighted by atomic mass is 10.2. The lowest BCUT2D eigenvalue weighted by Gasteiger charge is -2.12. The fourth-order valence-electron chi connectivity index (χ4n) is 2.88. The number of amides is 2. The Hall–Kier alpha value is -2.96.